The average molecular weight is 246 g/mol. The molecule has 0 aromatic heterocycles. The van der Waals surface area contributed by atoms with Crippen LogP contribution in [-0.2, 0) is 4.57 Å². The van der Waals surface area contributed by atoms with Gasteiger partial charge in [-0.3, -0.25) is 4.57 Å². The molecule has 0 unspecified atom stereocenters. The highest BCUT2D eigenvalue weighted by molar-refractivity contribution is 7.59. The van der Waals surface area contributed by atoms with E-state index < -0.39 is 7.44 Å². The summed E-state index contributed by atoms with van der Waals surface area (Å²) in [5, 5.41) is 0. The van der Waals surface area contributed by atoms with E-state index in [1.165, 1.54) is 32.1 Å². The molecule has 1 aliphatic heterocycles. The van der Waals surface area contributed by atoms with Gasteiger partial charge in [0.1, 0.15) is 0 Å². The molecule has 0 bridgehead atoms. The Morgan fingerprint density at radius 1 is 0.938 bits per heavy atom. The molecular weight excluding hydrogens is 219 g/mol. The monoisotopic (exact) mass is 246 g/mol. The van der Waals surface area contributed by atoms with E-state index in [0.29, 0.717) is 0 Å². The molecule has 1 rings (SSSR count). The molecule has 0 aromatic carbocycles. The highest BCUT2D eigenvalue weighted by Crippen LogP contribution is 2.55. The molecule has 1 fully saturated rings. The lowest BCUT2D eigenvalue weighted by molar-refractivity contribution is 0.484. The lowest BCUT2D eigenvalue weighted by atomic mass is 10.1. The minimum atomic E-state index is -2.14. The van der Waals surface area contributed by atoms with Gasteiger partial charge < -0.3 is 0 Å². The third-order valence-electron chi connectivity index (χ3n) is 3.62. The number of hydrogen-bond donors (Lipinski definition) is 0. The Kier molecular flexibility index (Phi) is 6.02. The summed E-state index contributed by atoms with van der Waals surface area (Å²) in [4.78, 5) is 0. The normalized spacial score (nSPS) is 21.7. The summed E-state index contributed by atoms with van der Waals surface area (Å²) in [6, 6.07) is 0. The summed E-state index contributed by atoms with van der Waals surface area (Å²) in [7, 11) is 1.86. The molecule has 4 heteroatoms. The zero-order valence-corrected chi connectivity index (χ0v) is 12.0. The van der Waals surface area contributed by atoms with Crippen molar-refractivity contribution in [2.45, 2.75) is 45.4 Å². The van der Waals surface area contributed by atoms with Crippen LogP contribution >= 0.6 is 7.44 Å². The summed E-state index contributed by atoms with van der Waals surface area (Å²) in [6.45, 7) is 4.16. The molecule has 0 atom stereocenters. The van der Waals surface area contributed by atoms with E-state index in [1.54, 1.807) is 0 Å². The first-order valence-electron chi connectivity index (χ1n) is 6.63. The predicted octanol–water partition coefficient (Wildman–Crippen LogP) is 3.42. The first kappa shape index (κ1) is 14.2. The van der Waals surface area contributed by atoms with E-state index >= 15 is 0 Å². The van der Waals surface area contributed by atoms with Crippen molar-refractivity contribution in [2.75, 3.05) is 33.3 Å². The van der Waals surface area contributed by atoms with Crippen LogP contribution < -0.4 is 0 Å². The van der Waals surface area contributed by atoms with Gasteiger partial charge in [-0.1, -0.05) is 39.0 Å². The molecule has 0 N–H and O–H groups in total. The first-order valence-corrected chi connectivity index (χ1v) is 8.43. The van der Waals surface area contributed by atoms with Crippen molar-refractivity contribution in [3.8, 4) is 0 Å². The van der Waals surface area contributed by atoms with Crippen molar-refractivity contribution in [1.29, 1.82) is 0 Å². The molecule has 0 radical (unpaired) electrons. The number of hydrogen-bond acceptors (Lipinski definition) is 1. The van der Waals surface area contributed by atoms with Gasteiger partial charge in [-0.25, -0.2) is 9.34 Å². The predicted molar refractivity (Wildman–Crippen MR) is 71.1 cm³/mol. The van der Waals surface area contributed by atoms with Gasteiger partial charge in [0.05, 0.1) is 0 Å². The Hall–Kier alpha value is 0.150. The van der Waals surface area contributed by atoms with Gasteiger partial charge in [0.25, 0.3) is 0 Å². The Morgan fingerprint density at radius 3 is 2.00 bits per heavy atom. The SMILES string of the molecule is CCCCCCCCP1(=O)N(C)CCN1C. The zero-order chi connectivity index (χ0) is 12.0. The number of likely N-dealkylation sites (N-methyl/N-ethyl adjacent to an activating group) is 2. The molecule has 1 aliphatic rings. The topological polar surface area (TPSA) is 23.6 Å². The Balaban J connectivity index is 2.19. The molecule has 96 valence electrons. The molecule has 0 aliphatic carbocycles. The fourth-order valence-corrected chi connectivity index (χ4v) is 4.95. The Labute approximate surface area is 101 Å². The van der Waals surface area contributed by atoms with E-state index in [-0.39, 0.29) is 0 Å². The fourth-order valence-electron chi connectivity index (χ4n) is 2.30. The number of rotatable bonds is 7. The summed E-state index contributed by atoms with van der Waals surface area (Å²) < 4.78 is 16.8. The highest BCUT2D eigenvalue weighted by atomic mass is 31.2. The summed E-state index contributed by atoms with van der Waals surface area (Å²) in [6.07, 6.45) is 8.53. The van der Waals surface area contributed by atoms with Crippen molar-refractivity contribution >= 4 is 7.44 Å². The van der Waals surface area contributed by atoms with Crippen LogP contribution in [0.5, 0.6) is 0 Å². The maximum Gasteiger partial charge on any atom is 0.216 e. The summed E-state index contributed by atoms with van der Waals surface area (Å²) in [5.41, 5.74) is 0. The van der Waals surface area contributed by atoms with Crippen LogP contribution in [-0.4, -0.2) is 42.7 Å². The lowest BCUT2D eigenvalue weighted by Gasteiger charge is -2.25. The van der Waals surface area contributed by atoms with Crippen LogP contribution in [0.3, 0.4) is 0 Å². The van der Waals surface area contributed by atoms with Crippen LogP contribution in [0.4, 0.5) is 0 Å². The van der Waals surface area contributed by atoms with E-state index in [2.05, 4.69) is 16.3 Å². The molecule has 0 saturated carbocycles. The third-order valence-corrected chi connectivity index (χ3v) is 7.05. The molecule has 1 saturated heterocycles. The quantitative estimate of drug-likeness (QED) is 0.508. The minimum Gasteiger partial charge on any atom is -0.289 e. The standard InChI is InChI=1S/C12H27N2OP/c1-4-5-6-7-8-9-12-16(15)13(2)10-11-14(16)3/h4-12H2,1-3H3. The highest BCUT2D eigenvalue weighted by Gasteiger charge is 2.36. The molecule has 0 amide bonds. The van der Waals surface area contributed by atoms with Crippen LogP contribution in [0.1, 0.15) is 45.4 Å². The van der Waals surface area contributed by atoms with E-state index in [0.717, 1.165) is 25.7 Å². The van der Waals surface area contributed by atoms with Crippen molar-refractivity contribution in [3.05, 3.63) is 0 Å². The molecular formula is C12H27N2OP. The molecule has 0 spiro atoms. The Bertz CT molecular complexity index is 231. The van der Waals surface area contributed by atoms with Gasteiger partial charge in [-0.15, -0.1) is 0 Å². The Morgan fingerprint density at radius 2 is 1.44 bits per heavy atom. The maximum atomic E-state index is 12.6. The van der Waals surface area contributed by atoms with Crippen molar-refractivity contribution in [3.63, 3.8) is 0 Å². The van der Waals surface area contributed by atoms with Crippen LogP contribution in [0.15, 0.2) is 0 Å². The first-order chi connectivity index (χ1) is 7.61. The van der Waals surface area contributed by atoms with Gasteiger partial charge in [-0.2, -0.15) is 0 Å². The van der Waals surface area contributed by atoms with E-state index in [4.69, 9.17) is 0 Å². The van der Waals surface area contributed by atoms with Crippen molar-refractivity contribution < 1.29 is 4.57 Å². The lowest BCUT2D eigenvalue weighted by Crippen LogP contribution is -2.15. The maximum absolute atomic E-state index is 12.6. The second kappa shape index (κ2) is 6.78. The fraction of sp³-hybridized carbons (Fsp3) is 1.00. The molecule has 16 heavy (non-hydrogen) atoms. The van der Waals surface area contributed by atoms with Crippen LogP contribution in [0.2, 0.25) is 0 Å². The zero-order valence-electron chi connectivity index (χ0n) is 11.1. The third kappa shape index (κ3) is 3.58. The van der Waals surface area contributed by atoms with Gasteiger partial charge >= 0.3 is 0 Å². The average Bonchev–Trinajstić information content (AvgIpc) is 2.52. The summed E-state index contributed by atoms with van der Waals surface area (Å²) in [5.74, 6) is 0. The number of nitrogens with zero attached hydrogens (tertiary/aromatic N) is 2. The molecule has 3 nitrogen and oxygen atoms in total. The van der Waals surface area contributed by atoms with Gasteiger partial charge in [0.15, 0.2) is 0 Å². The number of unbranched alkanes of at least 4 members (excludes halogenated alkanes) is 5. The van der Waals surface area contributed by atoms with Crippen LogP contribution in [0.25, 0.3) is 0 Å². The second-order valence-electron chi connectivity index (χ2n) is 4.92. The van der Waals surface area contributed by atoms with Crippen molar-refractivity contribution in [1.82, 2.24) is 9.34 Å². The largest absolute Gasteiger partial charge is 0.289 e. The van der Waals surface area contributed by atoms with Gasteiger partial charge in [-0.05, 0) is 20.5 Å². The second-order valence-corrected chi connectivity index (χ2v) is 8.06. The van der Waals surface area contributed by atoms with Crippen molar-refractivity contribution in [2.24, 2.45) is 0 Å². The van der Waals surface area contributed by atoms with E-state index in [1.807, 2.05) is 14.1 Å². The van der Waals surface area contributed by atoms with Gasteiger partial charge in [0.2, 0.25) is 7.44 Å². The molecule has 0 aromatic rings. The van der Waals surface area contributed by atoms with Gasteiger partial charge in [0, 0.05) is 19.3 Å². The van der Waals surface area contributed by atoms with Crippen LogP contribution in [0, 0.1) is 0 Å². The minimum absolute atomic E-state index is 0.881. The molecule has 1 heterocycles. The summed E-state index contributed by atoms with van der Waals surface area (Å²) >= 11 is 0. The smallest absolute Gasteiger partial charge is 0.216 e. The van der Waals surface area contributed by atoms with E-state index in [9.17, 15) is 4.57 Å².